The second-order valence-corrected chi connectivity index (χ2v) is 10.1. The van der Waals surface area contributed by atoms with E-state index >= 15 is 0 Å². The van der Waals surface area contributed by atoms with Crippen LogP contribution in [0.15, 0.2) is 53.0 Å². The Hall–Kier alpha value is -2.40. The molecule has 0 spiro atoms. The Labute approximate surface area is 192 Å². The third-order valence-corrected chi connectivity index (χ3v) is 6.56. The zero-order valence-electron chi connectivity index (χ0n) is 18.3. The molecule has 0 radical (unpaired) electrons. The number of rotatable bonds is 5. The molecule has 0 fully saturated rings. The number of aromatic nitrogens is 1. The summed E-state index contributed by atoms with van der Waals surface area (Å²) in [6.07, 6.45) is 2.85. The van der Waals surface area contributed by atoms with Gasteiger partial charge in [0.1, 0.15) is 19.0 Å². The number of aryl methyl sites for hydroxylation is 1. The Bertz CT molecular complexity index is 1100. The number of fused-ring (bicyclic) bond motifs is 2. The van der Waals surface area contributed by atoms with Gasteiger partial charge in [0.25, 0.3) is 0 Å². The third-order valence-electron chi connectivity index (χ3n) is 6.07. The summed E-state index contributed by atoms with van der Waals surface area (Å²) in [6, 6.07) is 15.5. The molecule has 0 saturated heterocycles. The molecule has 1 unspecified atom stereocenters. The quantitative estimate of drug-likeness (QED) is 0.313. The first kappa shape index (κ1) is 21.8. The first-order chi connectivity index (χ1) is 14.8. The van der Waals surface area contributed by atoms with Crippen LogP contribution in [0.1, 0.15) is 48.8 Å². The Morgan fingerprint density at radius 2 is 1.94 bits per heavy atom. The molecular formula is C26H28BrNO3. The summed E-state index contributed by atoms with van der Waals surface area (Å²) in [6.45, 7) is 7.31. The number of esters is 1. The normalized spacial score (nSPS) is 16.1. The smallest absolute Gasteiger partial charge is 0.339 e. The molecule has 31 heavy (non-hydrogen) atoms. The van der Waals surface area contributed by atoms with Gasteiger partial charge < -0.3 is 9.47 Å². The SMILES string of the molecule is CC(C)(C)C1CCc2nc3ccccc3c(C(=O)OCCOc3cccc(Br)c3)c2C1. The third kappa shape index (κ3) is 4.93. The van der Waals surface area contributed by atoms with E-state index < -0.39 is 0 Å². The number of ether oxygens (including phenoxy) is 2. The first-order valence-electron chi connectivity index (χ1n) is 10.8. The highest BCUT2D eigenvalue weighted by atomic mass is 79.9. The minimum atomic E-state index is -0.290. The molecule has 0 aliphatic heterocycles. The van der Waals surface area contributed by atoms with Crippen molar-refractivity contribution >= 4 is 32.8 Å². The number of pyridine rings is 1. The van der Waals surface area contributed by atoms with Crippen LogP contribution in [0.4, 0.5) is 0 Å². The fourth-order valence-electron chi connectivity index (χ4n) is 4.28. The van der Waals surface area contributed by atoms with E-state index in [1.54, 1.807) is 0 Å². The minimum Gasteiger partial charge on any atom is -0.490 e. The van der Waals surface area contributed by atoms with Crippen LogP contribution in [-0.4, -0.2) is 24.2 Å². The average molecular weight is 482 g/mol. The van der Waals surface area contributed by atoms with Crippen molar-refractivity contribution in [3.8, 4) is 5.75 Å². The maximum atomic E-state index is 13.2. The molecule has 0 saturated carbocycles. The van der Waals surface area contributed by atoms with Crippen molar-refractivity contribution in [1.29, 1.82) is 0 Å². The summed E-state index contributed by atoms with van der Waals surface area (Å²) < 4.78 is 12.3. The second-order valence-electron chi connectivity index (χ2n) is 9.18. The molecule has 1 heterocycles. The van der Waals surface area contributed by atoms with Gasteiger partial charge in [0.05, 0.1) is 11.1 Å². The molecule has 4 rings (SSSR count). The van der Waals surface area contributed by atoms with Crippen LogP contribution < -0.4 is 4.74 Å². The molecule has 5 heteroatoms. The van der Waals surface area contributed by atoms with Gasteiger partial charge in [0, 0.05) is 15.6 Å². The van der Waals surface area contributed by atoms with E-state index in [1.807, 2.05) is 48.5 Å². The molecule has 1 aliphatic rings. The molecule has 4 nitrogen and oxygen atoms in total. The van der Waals surface area contributed by atoms with Crippen LogP contribution in [0.25, 0.3) is 10.9 Å². The maximum absolute atomic E-state index is 13.2. The van der Waals surface area contributed by atoms with Gasteiger partial charge in [-0.1, -0.05) is 61.0 Å². The largest absolute Gasteiger partial charge is 0.490 e. The number of benzene rings is 2. The summed E-state index contributed by atoms with van der Waals surface area (Å²) >= 11 is 3.43. The van der Waals surface area contributed by atoms with E-state index in [4.69, 9.17) is 14.5 Å². The number of carbonyl (C=O) groups is 1. The van der Waals surface area contributed by atoms with E-state index in [1.165, 1.54) is 0 Å². The Balaban J connectivity index is 1.56. The predicted molar refractivity (Wildman–Crippen MR) is 127 cm³/mol. The van der Waals surface area contributed by atoms with Crippen LogP contribution >= 0.6 is 15.9 Å². The van der Waals surface area contributed by atoms with Crippen LogP contribution in [0.5, 0.6) is 5.75 Å². The van der Waals surface area contributed by atoms with Gasteiger partial charge in [-0.05, 0) is 60.4 Å². The zero-order chi connectivity index (χ0) is 22.0. The van der Waals surface area contributed by atoms with Crippen molar-refractivity contribution in [2.45, 2.75) is 40.0 Å². The van der Waals surface area contributed by atoms with E-state index in [2.05, 4.69) is 36.7 Å². The van der Waals surface area contributed by atoms with Crippen molar-refractivity contribution in [2.24, 2.45) is 11.3 Å². The van der Waals surface area contributed by atoms with Gasteiger partial charge in [0.2, 0.25) is 0 Å². The zero-order valence-corrected chi connectivity index (χ0v) is 19.9. The van der Waals surface area contributed by atoms with Crippen LogP contribution in [-0.2, 0) is 17.6 Å². The molecule has 0 amide bonds. The number of carbonyl (C=O) groups excluding carboxylic acids is 1. The van der Waals surface area contributed by atoms with Crippen molar-refractivity contribution < 1.29 is 14.3 Å². The number of nitrogens with zero attached hydrogens (tertiary/aromatic N) is 1. The molecule has 1 atom stereocenters. The van der Waals surface area contributed by atoms with E-state index in [0.717, 1.165) is 51.6 Å². The van der Waals surface area contributed by atoms with Crippen molar-refractivity contribution in [1.82, 2.24) is 4.98 Å². The van der Waals surface area contributed by atoms with E-state index in [-0.39, 0.29) is 18.0 Å². The van der Waals surface area contributed by atoms with Gasteiger partial charge in [-0.2, -0.15) is 0 Å². The summed E-state index contributed by atoms with van der Waals surface area (Å²) in [5, 5.41) is 0.869. The topological polar surface area (TPSA) is 48.4 Å². The standard InChI is InChI=1S/C26H28BrNO3/c1-26(2,3)17-11-12-23-21(15-17)24(20-9-4-5-10-22(20)28-23)25(29)31-14-13-30-19-8-6-7-18(27)16-19/h4-10,16-17H,11-15H2,1-3H3. The fraction of sp³-hybridized carbons (Fsp3) is 0.385. The Morgan fingerprint density at radius 1 is 1.13 bits per heavy atom. The lowest BCUT2D eigenvalue weighted by Gasteiger charge is -2.35. The van der Waals surface area contributed by atoms with E-state index in [9.17, 15) is 4.79 Å². The molecule has 3 aromatic rings. The predicted octanol–water partition coefficient (Wildman–Crippen LogP) is 6.38. The van der Waals surface area contributed by atoms with Gasteiger partial charge in [0.15, 0.2) is 0 Å². The number of hydrogen-bond donors (Lipinski definition) is 0. The number of hydrogen-bond acceptors (Lipinski definition) is 4. The van der Waals surface area contributed by atoms with E-state index in [0.29, 0.717) is 18.1 Å². The van der Waals surface area contributed by atoms with Crippen molar-refractivity contribution in [2.75, 3.05) is 13.2 Å². The van der Waals surface area contributed by atoms with Crippen molar-refractivity contribution in [3.63, 3.8) is 0 Å². The van der Waals surface area contributed by atoms with Gasteiger partial charge in [-0.25, -0.2) is 4.79 Å². The van der Waals surface area contributed by atoms with Gasteiger partial charge in [-0.15, -0.1) is 0 Å². The molecule has 162 valence electrons. The lowest BCUT2D eigenvalue weighted by Crippen LogP contribution is -2.29. The highest BCUT2D eigenvalue weighted by Crippen LogP contribution is 2.39. The second kappa shape index (κ2) is 8.99. The molecular weight excluding hydrogens is 454 g/mol. The molecule has 1 aliphatic carbocycles. The van der Waals surface area contributed by atoms with Crippen LogP contribution in [0.2, 0.25) is 0 Å². The molecule has 1 aromatic heterocycles. The molecule has 0 N–H and O–H groups in total. The molecule has 0 bridgehead atoms. The highest BCUT2D eigenvalue weighted by molar-refractivity contribution is 9.10. The number of halogens is 1. The lowest BCUT2D eigenvalue weighted by atomic mass is 9.70. The summed E-state index contributed by atoms with van der Waals surface area (Å²) in [5.41, 5.74) is 3.81. The van der Waals surface area contributed by atoms with Crippen molar-refractivity contribution in [3.05, 3.63) is 69.8 Å². The van der Waals surface area contributed by atoms with Crippen LogP contribution in [0.3, 0.4) is 0 Å². The summed E-state index contributed by atoms with van der Waals surface area (Å²) in [7, 11) is 0. The molecule has 2 aromatic carbocycles. The Kier molecular flexibility index (Phi) is 6.33. The highest BCUT2D eigenvalue weighted by Gasteiger charge is 2.33. The minimum absolute atomic E-state index is 0.183. The van der Waals surface area contributed by atoms with Gasteiger partial charge in [-0.3, -0.25) is 4.98 Å². The maximum Gasteiger partial charge on any atom is 0.339 e. The lowest BCUT2D eigenvalue weighted by molar-refractivity contribution is 0.0449. The summed E-state index contributed by atoms with van der Waals surface area (Å²) in [4.78, 5) is 18.1. The fourth-order valence-corrected chi connectivity index (χ4v) is 4.66. The van der Waals surface area contributed by atoms with Gasteiger partial charge >= 0.3 is 5.97 Å². The average Bonchev–Trinajstić information content (AvgIpc) is 2.74. The summed E-state index contributed by atoms with van der Waals surface area (Å²) in [5.74, 6) is 0.960. The number of para-hydroxylation sites is 1. The Morgan fingerprint density at radius 3 is 2.71 bits per heavy atom. The van der Waals surface area contributed by atoms with Crippen LogP contribution in [0, 0.1) is 11.3 Å². The first-order valence-corrected chi connectivity index (χ1v) is 11.6. The monoisotopic (exact) mass is 481 g/mol.